The van der Waals surface area contributed by atoms with Gasteiger partial charge in [-0.25, -0.2) is 4.99 Å². The molecule has 0 atom stereocenters. The number of aliphatic imine (C=N–C) groups is 1. The molecule has 25 heavy (non-hydrogen) atoms. The summed E-state index contributed by atoms with van der Waals surface area (Å²) in [5.74, 6) is 1.29. The molecule has 0 aliphatic carbocycles. The smallest absolute Gasteiger partial charge is 0.291 e. The van der Waals surface area contributed by atoms with E-state index in [1.54, 1.807) is 18.2 Å². The van der Waals surface area contributed by atoms with Crippen molar-refractivity contribution in [3.63, 3.8) is 0 Å². The number of ether oxygens (including phenoxy) is 3. The van der Waals surface area contributed by atoms with Crippen LogP contribution in [-0.4, -0.2) is 52.5 Å². The van der Waals surface area contributed by atoms with Crippen LogP contribution in [0.4, 0.5) is 0 Å². The first-order valence-corrected chi connectivity index (χ1v) is 8.63. The molecule has 2 N–H and O–H groups in total. The van der Waals surface area contributed by atoms with Crippen LogP contribution in [0.25, 0.3) is 0 Å². The maximum Gasteiger partial charge on any atom is 0.291 e. The van der Waals surface area contributed by atoms with Crippen LogP contribution < -0.4 is 19.7 Å². The van der Waals surface area contributed by atoms with E-state index in [1.807, 2.05) is 13.8 Å². The molecule has 1 heterocycles. The Labute approximate surface area is 149 Å². The molecule has 0 aromatic heterocycles. The molecule has 1 aromatic rings. The predicted octanol–water partition coefficient (Wildman–Crippen LogP) is 0.708. The molecule has 1 aliphatic rings. The summed E-state index contributed by atoms with van der Waals surface area (Å²) in [5, 5.41) is 2.75. The molecule has 1 amide bonds. The number of benzene rings is 1. The van der Waals surface area contributed by atoms with Gasteiger partial charge in [-0.1, -0.05) is 13.8 Å². The molecule has 0 bridgehead atoms. The standard InChI is InChI=1S/C18H27N3O4/c1-13(2)11-23-18(19-8-5-9-21(3)4)20-17(22)14-6-7-15-16(10-14)25-12-24-15/h6-7,10,13H,5,8-9,11-12H2,1-4H3,(H,19,20,22)/p+1. The molecule has 0 unspecified atom stereocenters. The van der Waals surface area contributed by atoms with Crippen LogP contribution in [0.15, 0.2) is 23.2 Å². The van der Waals surface area contributed by atoms with Crippen molar-refractivity contribution in [2.75, 3.05) is 40.6 Å². The van der Waals surface area contributed by atoms with Crippen molar-refractivity contribution >= 4 is 11.9 Å². The van der Waals surface area contributed by atoms with E-state index in [4.69, 9.17) is 14.2 Å². The van der Waals surface area contributed by atoms with Crippen LogP contribution in [-0.2, 0) is 4.74 Å². The minimum atomic E-state index is -0.279. The predicted molar refractivity (Wildman–Crippen MR) is 95.4 cm³/mol. The van der Waals surface area contributed by atoms with E-state index in [0.717, 1.165) is 13.0 Å². The summed E-state index contributed by atoms with van der Waals surface area (Å²) in [6, 6.07) is 5.35. The lowest BCUT2D eigenvalue weighted by Crippen LogP contribution is -3.05. The van der Waals surface area contributed by atoms with Crippen LogP contribution in [0.3, 0.4) is 0 Å². The molecular formula is C18H28N3O4+. The monoisotopic (exact) mass is 350 g/mol. The fourth-order valence-electron chi connectivity index (χ4n) is 2.19. The average Bonchev–Trinajstić information content (AvgIpc) is 3.03. The lowest BCUT2D eigenvalue weighted by molar-refractivity contribution is -0.858. The number of carbonyl (C=O) groups excluding carboxylic acids is 1. The Kier molecular flexibility index (Phi) is 7.06. The maximum atomic E-state index is 12.5. The number of amidine groups is 1. The minimum Gasteiger partial charge on any atom is -0.465 e. The Bertz CT molecular complexity index is 614. The van der Waals surface area contributed by atoms with E-state index in [0.29, 0.717) is 36.1 Å². The molecule has 7 heteroatoms. The number of hydrogen-bond donors (Lipinski definition) is 2. The van der Waals surface area contributed by atoms with Crippen molar-refractivity contribution in [2.45, 2.75) is 20.3 Å². The van der Waals surface area contributed by atoms with Crippen molar-refractivity contribution in [3.05, 3.63) is 23.8 Å². The van der Waals surface area contributed by atoms with E-state index in [2.05, 4.69) is 24.4 Å². The lowest BCUT2D eigenvalue weighted by Gasteiger charge is -2.13. The molecule has 1 aliphatic heterocycles. The topological polar surface area (TPSA) is 73.6 Å². The molecule has 0 saturated carbocycles. The van der Waals surface area contributed by atoms with Gasteiger partial charge in [-0.3, -0.25) is 10.1 Å². The first-order valence-electron chi connectivity index (χ1n) is 8.63. The molecule has 0 fully saturated rings. The number of amides is 1. The molecular weight excluding hydrogens is 322 g/mol. The highest BCUT2D eigenvalue weighted by Crippen LogP contribution is 2.32. The van der Waals surface area contributed by atoms with Crippen molar-refractivity contribution < 1.29 is 23.9 Å². The largest absolute Gasteiger partial charge is 0.465 e. The Morgan fingerprint density at radius 3 is 2.80 bits per heavy atom. The summed E-state index contributed by atoms with van der Waals surface area (Å²) in [6.45, 7) is 6.40. The number of rotatable bonds is 7. The zero-order valence-electron chi connectivity index (χ0n) is 15.4. The van der Waals surface area contributed by atoms with Crippen molar-refractivity contribution in [1.29, 1.82) is 0 Å². The van der Waals surface area contributed by atoms with E-state index < -0.39 is 0 Å². The minimum absolute atomic E-state index is 0.179. The highest BCUT2D eigenvalue weighted by atomic mass is 16.7. The first kappa shape index (κ1) is 19.1. The number of quaternary nitrogens is 1. The summed E-state index contributed by atoms with van der Waals surface area (Å²) >= 11 is 0. The van der Waals surface area contributed by atoms with E-state index in [1.165, 1.54) is 4.90 Å². The molecule has 2 rings (SSSR count). The van der Waals surface area contributed by atoms with Gasteiger partial charge in [0.05, 0.1) is 27.2 Å². The third-order valence-electron chi connectivity index (χ3n) is 3.50. The van der Waals surface area contributed by atoms with Gasteiger partial charge in [0, 0.05) is 18.5 Å². The number of fused-ring (bicyclic) bond motifs is 1. The lowest BCUT2D eigenvalue weighted by atomic mass is 10.2. The van der Waals surface area contributed by atoms with Gasteiger partial charge in [-0.2, -0.15) is 0 Å². The zero-order valence-corrected chi connectivity index (χ0v) is 15.4. The van der Waals surface area contributed by atoms with E-state index in [-0.39, 0.29) is 18.7 Å². The summed E-state index contributed by atoms with van der Waals surface area (Å²) in [6.07, 6.45) is 0.927. The van der Waals surface area contributed by atoms with Crippen LogP contribution in [0, 0.1) is 5.92 Å². The van der Waals surface area contributed by atoms with Gasteiger partial charge in [-0.15, -0.1) is 0 Å². The summed E-state index contributed by atoms with van der Waals surface area (Å²) in [7, 11) is 4.20. The zero-order chi connectivity index (χ0) is 18.2. The highest BCUT2D eigenvalue weighted by Gasteiger charge is 2.17. The number of nitrogens with one attached hydrogen (secondary N) is 2. The van der Waals surface area contributed by atoms with Gasteiger partial charge < -0.3 is 19.1 Å². The second-order valence-electron chi connectivity index (χ2n) is 6.72. The molecule has 0 spiro atoms. The second kappa shape index (κ2) is 9.27. The Hall–Kier alpha value is -2.28. The van der Waals surface area contributed by atoms with Crippen molar-refractivity contribution in [3.8, 4) is 11.5 Å². The molecule has 1 aromatic carbocycles. The summed E-state index contributed by atoms with van der Waals surface area (Å²) in [4.78, 5) is 18.2. The van der Waals surface area contributed by atoms with Gasteiger partial charge in [0.25, 0.3) is 11.9 Å². The van der Waals surface area contributed by atoms with Gasteiger partial charge in [0.1, 0.15) is 0 Å². The summed E-state index contributed by atoms with van der Waals surface area (Å²) < 4.78 is 16.2. The average molecular weight is 350 g/mol. The third-order valence-corrected chi connectivity index (χ3v) is 3.50. The Morgan fingerprint density at radius 1 is 1.32 bits per heavy atom. The van der Waals surface area contributed by atoms with Crippen LogP contribution in [0.5, 0.6) is 11.5 Å². The van der Waals surface area contributed by atoms with Gasteiger partial charge in [0.2, 0.25) is 6.79 Å². The Balaban J connectivity index is 1.98. The SMILES string of the molecule is CC(C)COC(=NCCC[NH+](C)C)NC(=O)c1ccc2c(c1)OCO2. The van der Waals surface area contributed by atoms with Crippen LogP contribution in [0.2, 0.25) is 0 Å². The quantitative estimate of drug-likeness (QED) is 0.432. The van der Waals surface area contributed by atoms with Crippen LogP contribution >= 0.6 is 0 Å². The highest BCUT2D eigenvalue weighted by molar-refractivity contribution is 6.04. The van der Waals surface area contributed by atoms with Crippen molar-refractivity contribution in [2.24, 2.45) is 10.9 Å². The fraction of sp³-hybridized carbons (Fsp3) is 0.556. The van der Waals surface area contributed by atoms with Gasteiger partial charge in [0.15, 0.2) is 11.5 Å². The number of carbonyl (C=O) groups is 1. The first-order chi connectivity index (χ1) is 12.0. The second-order valence-corrected chi connectivity index (χ2v) is 6.72. The van der Waals surface area contributed by atoms with Gasteiger partial charge in [-0.05, 0) is 24.1 Å². The van der Waals surface area contributed by atoms with E-state index >= 15 is 0 Å². The normalized spacial score (nSPS) is 13.4. The molecule has 0 radical (unpaired) electrons. The van der Waals surface area contributed by atoms with Gasteiger partial charge >= 0.3 is 0 Å². The Morgan fingerprint density at radius 2 is 2.08 bits per heavy atom. The molecule has 0 saturated heterocycles. The van der Waals surface area contributed by atoms with E-state index in [9.17, 15) is 4.79 Å². The number of hydrogen-bond acceptors (Lipinski definition) is 5. The van der Waals surface area contributed by atoms with Crippen LogP contribution in [0.1, 0.15) is 30.6 Å². The number of nitrogens with zero attached hydrogens (tertiary/aromatic N) is 1. The maximum absolute atomic E-state index is 12.5. The fourth-order valence-corrected chi connectivity index (χ4v) is 2.19. The molecule has 138 valence electrons. The summed E-state index contributed by atoms with van der Waals surface area (Å²) in [5.41, 5.74) is 0.475. The molecule has 7 nitrogen and oxygen atoms in total. The third kappa shape index (κ3) is 6.26. The van der Waals surface area contributed by atoms with Crippen molar-refractivity contribution in [1.82, 2.24) is 5.32 Å².